The van der Waals surface area contributed by atoms with Gasteiger partial charge in [-0.1, -0.05) is 23.2 Å². The van der Waals surface area contributed by atoms with Gasteiger partial charge in [0.25, 0.3) is 0 Å². The standard InChI is InChI=1S/C11H9Cl2NO2/c1-15-6-3-7-8(12)5-10(13)14-11(7)9(4-6)16-2/h3-5H,1-2H3. The Kier molecular flexibility index (Phi) is 3.08. The first-order valence-corrected chi connectivity index (χ1v) is 5.29. The number of rotatable bonds is 2. The number of pyridine rings is 1. The molecule has 0 bridgehead atoms. The van der Waals surface area contributed by atoms with Gasteiger partial charge in [-0.2, -0.15) is 0 Å². The molecule has 0 spiro atoms. The predicted molar refractivity (Wildman–Crippen MR) is 64.9 cm³/mol. The van der Waals surface area contributed by atoms with E-state index in [9.17, 15) is 0 Å². The third-order valence-electron chi connectivity index (χ3n) is 2.23. The van der Waals surface area contributed by atoms with Crippen LogP contribution < -0.4 is 9.47 Å². The van der Waals surface area contributed by atoms with Crippen molar-refractivity contribution in [1.82, 2.24) is 4.98 Å². The van der Waals surface area contributed by atoms with E-state index in [2.05, 4.69) is 4.98 Å². The molecule has 2 rings (SSSR count). The normalized spacial score (nSPS) is 10.5. The Morgan fingerprint density at radius 3 is 2.44 bits per heavy atom. The molecule has 1 heterocycles. The lowest BCUT2D eigenvalue weighted by molar-refractivity contribution is 0.397. The zero-order valence-corrected chi connectivity index (χ0v) is 10.3. The Morgan fingerprint density at radius 1 is 1.06 bits per heavy atom. The molecular formula is C11H9Cl2NO2. The maximum Gasteiger partial charge on any atom is 0.148 e. The van der Waals surface area contributed by atoms with Crippen molar-refractivity contribution in [3.8, 4) is 11.5 Å². The second-order valence-electron chi connectivity index (χ2n) is 3.15. The molecule has 0 amide bonds. The third kappa shape index (κ3) is 1.88. The van der Waals surface area contributed by atoms with Gasteiger partial charge in [0.1, 0.15) is 22.2 Å². The predicted octanol–water partition coefficient (Wildman–Crippen LogP) is 3.56. The van der Waals surface area contributed by atoms with Crippen LogP contribution in [-0.2, 0) is 0 Å². The van der Waals surface area contributed by atoms with Crippen molar-refractivity contribution in [2.24, 2.45) is 0 Å². The summed E-state index contributed by atoms with van der Waals surface area (Å²) in [5.41, 5.74) is 0.626. The summed E-state index contributed by atoms with van der Waals surface area (Å²) in [7, 11) is 3.14. The Balaban J connectivity index is 2.83. The van der Waals surface area contributed by atoms with E-state index < -0.39 is 0 Å². The van der Waals surface area contributed by atoms with E-state index in [1.54, 1.807) is 32.4 Å². The average Bonchev–Trinajstić information content (AvgIpc) is 2.28. The number of ether oxygens (including phenoxy) is 2. The van der Waals surface area contributed by atoms with Gasteiger partial charge >= 0.3 is 0 Å². The molecule has 1 aromatic heterocycles. The highest BCUT2D eigenvalue weighted by atomic mass is 35.5. The Morgan fingerprint density at radius 2 is 1.81 bits per heavy atom. The van der Waals surface area contributed by atoms with E-state index in [0.29, 0.717) is 27.2 Å². The summed E-state index contributed by atoms with van der Waals surface area (Å²) in [6.45, 7) is 0. The zero-order chi connectivity index (χ0) is 11.7. The number of nitrogens with zero attached hydrogens (tertiary/aromatic N) is 1. The van der Waals surface area contributed by atoms with Crippen molar-refractivity contribution in [2.75, 3.05) is 14.2 Å². The van der Waals surface area contributed by atoms with E-state index >= 15 is 0 Å². The highest BCUT2D eigenvalue weighted by molar-refractivity contribution is 6.38. The SMILES string of the molecule is COc1cc(OC)c2nc(Cl)cc(Cl)c2c1. The van der Waals surface area contributed by atoms with Crippen molar-refractivity contribution in [3.05, 3.63) is 28.4 Å². The molecule has 84 valence electrons. The maximum atomic E-state index is 6.08. The van der Waals surface area contributed by atoms with Crippen molar-refractivity contribution in [2.45, 2.75) is 0 Å². The molecule has 0 saturated heterocycles. The van der Waals surface area contributed by atoms with Crippen LogP contribution in [0, 0.1) is 0 Å². The monoisotopic (exact) mass is 257 g/mol. The minimum Gasteiger partial charge on any atom is -0.497 e. The zero-order valence-electron chi connectivity index (χ0n) is 8.75. The molecule has 3 nitrogen and oxygen atoms in total. The molecule has 16 heavy (non-hydrogen) atoms. The molecule has 5 heteroatoms. The number of halogens is 2. The van der Waals surface area contributed by atoms with Gasteiger partial charge in [-0.3, -0.25) is 0 Å². The first-order chi connectivity index (χ1) is 7.65. The average molecular weight is 258 g/mol. The smallest absolute Gasteiger partial charge is 0.148 e. The fraction of sp³-hybridized carbons (Fsp3) is 0.182. The van der Waals surface area contributed by atoms with Crippen LogP contribution in [0.15, 0.2) is 18.2 Å². The van der Waals surface area contributed by atoms with Crippen LogP contribution in [0.4, 0.5) is 0 Å². The molecular weight excluding hydrogens is 249 g/mol. The molecule has 0 aliphatic rings. The largest absolute Gasteiger partial charge is 0.497 e. The van der Waals surface area contributed by atoms with E-state index in [0.717, 1.165) is 5.39 Å². The number of benzene rings is 1. The minimum absolute atomic E-state index is 0.334. The second-order valence-corrected chi connectivity index (χ2v) is 3.95. The summed E-state index contributed by atoms with van der Waals surface area (Å²) >= 11 is 11.9. The molecule has 0 radical (unpaired) electrons. The van der Waals surface area contributed by atoms with Crippen LogP contribution in [0.5, 0.6) is 11.5 Å². The Bertz CT molecular complexity index is 543. The quantitative estimate of drug-likeness (QED) is 0.772. The van der Waals surface area contributed by atoms with Crippen LogP contribution in [-0.4, -0.2) is 19.2 Å². The van der Waals surface area contributed by atoms with Gasteiger partial charge in [0.2, 0.25) is 0 Å². The van der Waals surface area contributed by atoms with Crippen LogP contribution in [0.2, 0.25) is 10.2 Å². The van der Waals surface area contributed by atoms with Crippen LogP contribution in [0.3, 0.4) is 0 Å². The van der Waals surface area contributed by atoms with Crippen LogP contribution >= 0.6 is 23.2 Å². The topological polar surface area (TPSA) is 31.4 Å². The summed E-state index contributed by atoms with van der Waals surface area (Å²) in [6.07, 6.45) is 0. The third-order valence-corrected chi connectivity index (χ3v) is 2.73. The fourth-order valence-electron chi connectivity index (χ4n) is 1.47. The summed E-state index contributed by atoms with van der Waals surface area (Å²) in [5, 5.41) is 1.61. The van der Waals surface area contributed by atoms with E-state index in [-0.39, 0.29) is 0 Å². The number of hydrogen-bond acceptors (Lipinski definition) is 3. The lowest BCUT2D eigenvalue weighted by atomic mass is 10.2. The van der Waals surface area contributed by atoms with Gasteiger partial charge in [0.15, 0.2) is 0 Å². The van der Waals surface area contributed by atoms with Crippen molar-refractivity contribution in [1.29, 1.82) is 0 Å². The number of aromatic nitrogens is 1. The van der Waals surface area contributed by atoms with Crippen molar-refractivity contribution >= 4 is 34.1 Å². The fourth-order valence-corrected chi connectivity index (χ4v) is 1.97. The first-order valence-electron chi connectivity index (χ1n) is 4.53. The number of fused-ring (bicyclic) bond motifs is 1. The highest BCUT2D eigenvalue weighted by Gasteiger charge is 2.10. The Labute approximate surface area is 103 Å². The summed E-state index contributed by atoms with van der Waals surface area (Å²) in [4.78, 5) is 4.18. The molecule has 0 unspecified atom stereocenters. The van der Waals surface area contributed by atoms with Gasteiger partial charge in [0, 0.05) is 11.5 Å². The second kappa shape index (κ2) is 4.36. The molecule has 1 aromatic carbocycles. The Hall–Kier alpha value is -1.19. The van der Waals surface area contributed by atoms with E-state index in [4.69, 9.17) is 32.7 Å². The summed E-state index contributed by atoms with van der Waals surface area (Å²) in [5.74, 6) is 1.24. The highest BCUT2D eigenvalue weighted by Crippen LogP contribution is 2.34. The lowest BCUT2D eigenvalue weighted by Crippen LogP contribution is -1.91. The summed E-state index contributed by atoms with van der Waals surface area (Å²) in [6, 6.07) is 5.12. The van der Waals surface area contributed by atoms with Gasteiger partial charge in [-0.05, 0) is 12.1 Å². The van der Waals surface area contributed by atoms with Crippen molar-refractivity contribution < 1.29 is 9.47 Å². The van der Waals surface area contributed by atoms with E-state index in [1.807, 2.05) is 0 Å². The molecule has 0 fully saturated rings. The van der Waals surface area contributed by atoms with E-state index in [1.165, 1.54) is 0 Å². The van der Waals surface area contributed by atoms with Crippen LogP contribution in [0.25, 0.3) is 10.9 Å². The van der Waals surface area contributed by atoms with Gasteiger partial charge in [-0.15, -0.1) is 0 Å². The molecule has 0 atom stereocenters. The van der Waals surface area contributed by atoms with Gasteiger partial charge in [0.05, 0.1) is 19.2 Å². The molecule has 0 aliphatic carbocycles. The molecule has 0 N–H and O–H groups in total. The lowest BCUT2D eigenvalue weighted by Gasteiger charge is -2.09. The number of methoxy groups -OCH3 is 2. The molecule has 2 aromatic rings. The first kappa shape index (κ1) is 11.3. The maximum absolute atomic E-state index is 6.08. The van der Waals surface area contributed by atoms with Gasteiger partial charge in [-0.25, -0.2) is 4.98 Å². The minimum atomic E-state index is 0.334. The summed E-state index contributed by atoms with van der Waals surface area (Å²) < 4.78 is 10.4. The number of hydrogen-bond donors (Lipinski definition) is 0. The molecule has 0 saturated carbocycles. The van der Waals surface area contributed by atoms with Crippen molar-refractivity contribution in [3.63, 3.8) is 0 Å². The van der Waals surface area contributed by atoms with Crippen LogP contribution in [0.1, 0.15) is 0 Å². The van der Waals surface area contributed by atoms with Gasteiger partial charge < -0.3 is 9.47 Å². The molecule has 0 aliphatic heterocycles.